The monoisotopic (exact) mass is 454 g/mol. The highest BCUT2D eigenvalue weighted by Gasteiger charge is 2.23. The number of unbranched alkanes of at least 4 members (excludes halogenated alkanes) is 5. The van der Waals surface area contributed by atoms with Crippen molar-refractivity contribution in [3.63, 3.8) is 0 Å². The summed E-state index contributed by atoms with van der Waals surface area (Å²) in [5, 5.41) is 0. The van der Waals surface area contributed by atoms with Gasteiger partial charge in [-0.05, 0) is 89.0 Å². The zero-order valence-corrected chi connectivity index (χ0v) is 20.9. The van der Waals surface area contributed by atoms with E-state index in [2.05, 4.69) is 69.7 Å². The molecule has 2 aromatic heterocycles. The van der Waals surface area contributed by atoms with Gasteiger partial charge in [-0.15, -0.1) is 0 Å². The lowest BCUT2D eigenvalue weighted by molar-refractivity contribution is 0.317. The highest BCUT2D eigenvalue weighted by molar-refractivity contribution is 5.36. The fourth-order valence-electron chi connectivity index (χ4n) is 5.19. The van der Waals surface area contributed by atoms with Crippen molar-refractivity contribution in [2.45, 2.75) is 76.3 Å². The van der Waals surface area contributed by atoms with Crippen LogP contribution in [0, 0.1) is 23.7 Å². The summed E-state index contributed by atoms with van der Waals surface area (Å²) < 4.78 is 0. The molecule has 178 valence electrons. The molecule has 0 unspecified atom stereocenters. The van der Waals surface area contributed by atoms with Crippen LogP contribution in [0.2, 0.25) is 0 Å². The third kappa shape index (κ3) is 6.92. The van der Waals surface area contributed by atoms with Gasteiger partial charge < -0.3 is 0 Å². The van der Waals surface area contributed by atoms with Crippen molar-refractivity contribution < 1.29 is 0 Å². The first kappa shape index (κ1) is 24.5. The van der Waals surface area contributed by atoms with Gasteiger partial charge in [-0.1, -0.05) is 36.5 Å². The number of hydrogen-bond donors (Lipinski definition) is 0. The molecular formula is C30H38N4. The minimum Gasteiger partial charge on any atom is -0.299 e. The van der Waals surface area contributed by atoms with E-state index in [4.69, 9.17) is 0 Å². The van der Waals surface area contributed by atoms with Gasteiger partial charge in [0, 0.05) is 60.8 Å². The van der Waals surface area contributed by atoms with Gasteiger partial charge >= 0.3 is 0 Å². The number of aromatic nitrogens is 2. The fraction of sp³-hybridized carbons (Fsp3) is 0.533. The second-order valence-corrected chi connectivity index (χ2v) is 9.81. The number of nitrogens with zero attached hydrogens (tertiary/aromatic N) is 4. The van der Waals surface area contributed by atoms with Crippen LogP contribution in [0.5, 0.6) is 0 Å². The van der Waals surface area contributed by atoms with Gasteiger partial charge in [0.2, 0.25) is 0 Å². The minimum absolute atomic E-state index is 0.506. The van der Waals surface area contributed by atoms with Gasteiger partial charge in [-0.3, -0.25) is 19.8 Å². The molecule has 0 aliphatic carbocycles. The SMILES string of the molecule is CN1CCC[C@@H]1c1cncc(C#CCCCCCCC#Cc2cncc([C@@H]3CCCN3C)c2)c1. The highest BCUT2D eigenvalue weighted by atomic mass is 15.1. The molecule has 34 heavy (non-hydrogen) atoms. The van der Waals surface area contributed by atoms with Crippen LogP contribution in [0.25, 0.3) is 0 Å². The molecule has 2 aliphatic heterocycles. The van der Waals surface area contributed by atoms with Gasteiger partial charge in [0.1, 0.15) is 0 Å². The zero-order valence-electron chi connectivity index (χ0n) is 20.9. The summed E-state index contributed by atoms with van der Waals surface area (Å²) in [5.74, 6) is 13.3. The summed E-state index contributed by atoms with van der Waals surface area (Å²) in [6.07, 6.45) is 19.4. The molecule has 0 radical (unpaired) electrons. The summed E-state index contributed by atoms with van der Waals surface area (Å²) in [4.78, 5) is 13.7. The third-order valence-corrected chi connectivity index (χ3v) is 7.15. The molecule has 2 saturated heterocycles. The number of hydrogen-bond acceptors (Lipinski definition) is 4. The van der Waals surface area contributed by atoms with E-state index in [0.29, 0.717) is 12.1 Å². The van der Waals surface area contributed by atoms with Gasteiger partial charge in [-0.25, -0.2) is 0 Å². The second kappa shape index (κ2) is 12.7. The zero-order chi connectivity index (χ0) is 23.6. The van der Waals surface area contributed by atoms with Gasteiger partial charge in [-0.2, -0.15) is 0 Å². The lowest BCUT2D eigenvalue weighted by Gasteiger charge is -2.19. The lowest BCUT2D eigenvalue weighted by Crippen LogP contribution is -2.17. The summed E-state index contributed by atoms with van der Waals surface area (Å²) in [6, 6.07) is 5.46. The molecule has 4 heteroatoms. The topological polar surface area (TPSA) is 32.3 Å². The Morgan fingerprint density at radius 1 is 0.706 bits per heavy atom. The normalized spacial score (nSPS) is 20.5. The smallest absolute Gasteiger partial charge is 0.0432 e. The van der Waals surface area contributed by atoms with Crippen molar-refractivity contribution in [3.8, 4) is 23.7 Å². The maximum Gasteiger partial charge on any atom is 0.0432 e. The van der Waals surface area contributed by atoms with E-state index in [1.807, 2.05) is 24.8 Å². The van der Waals surface area contributed by atoms with Crippen LogP contribution in [-0.2, 0) is 0 Å². The van der Waals surface area contributed by atoms with Crippen LogP contribution in [0.3, 0.4) is 0 Å². The van der Waals surface area contributed by atoms with Gasteiger partial charge in [0.25, 0.3) is 0 Å². The molecule has 0 amide bonds. The van der Waals surface area contributed by atoms with E-state index in [1.165, 1.54) is 62.7 Å². The first-order chi connectivity index (χ1) is 16.7. The summed E-state index contributed by atoms with van der Waals surface area (Å²) in [7, 11) is 4.40. The maximum atomic E-state index is 4.42. The van der Waals surface area contributed by atoms with Crippen molar-refractivity contribution in [1.82, 2.24) is 19.8 Å². The molecule has 0 N–H and O–H groups in total. The molecule has 2 aliphatic rings. The molecule has 4 nitrogen and oxygen atoms in total. The predicted octanol–water partition coefficient (Wildman–Crippen LogP) is 5.75. The maximum absolute atomic E-state index is 4.42. The van der Waals surface area contributed by atoms with Crippen LogP contribution in [0.1, 0.15) is 98.5 Å². The van der Waals surface area contributed by atoms with E-state index in [-0.39, 0.29) is 0 Å². The van der Waals surface area contributed by atoms with Gasteiger partial charge in [0.15, 0.2) is 0 Å². The van der Waals surface area contributed by atoms with E-state index in [1.54, 1.807) is 0 Å². The standard InChI is InChI=1S/C30H38N4/c1-33-17-11-15-29(33)27-19-25(21-31-23-27)13-9-7-5-3-4-6-8-10-14-26-20-28(24-32-22-26)30-16-12-18-34(30)2/h19-24,29-30H,3-8,11-12,15-18H2,1-2H3/t29-,30+. The molecule has 4 rings (SSSR count). The Labute approximate surface area is 206 Å². The van der Waals surface area contributed by atoms with Crippen LogP contribution in [0.15, 0.2) is 36.9 Å². The molecule has 2 atom stereocenters. The molecule has 2 fully saturated rings. The predicted molar refractivity (Wildman–Crippen MR) is 139 cm³/mol. The molecule has 4 heterocycles. The number of likely N-dealkylation sites (tertiary alicyclic amines) is 2. The largest absolute Gasteiger partial charge is 0.299 e. The Hall–Kier alpha value is -2.66. The highest BCUT2D eigenvalue weighted by Crippen LogP contribution is 2.30. The van der Waals surface area contributed by atoms with E-state index < -0.39 is 0 Å². The van der Waals surface area contributed by atoms with E-state index in [9.17, 15) is 0 Å². The number of rotatable bonds is 7. The molecular weight excluding hydrogens is 416 g/mol. The molecule has 0 aromatic carbocycles. The Kier molecular flexibility index (Phi) is 9.14. The Morgan fingerprint density at radius 2 is 1.18 bits per heavy atom. The molecule has 0 bridgehead atoms. The van der Waals surface area contributed by atoms with Crippen LogP contribution < -0.4 is 0 Å². The van der Waals surface area contributed by atoms with Gasteiger partial charge in [0.05, 0.1) is 0 Å². The van der Waals surface area contributed by atoms with Crippen molar-refractivity contribution in [2.75, 3.05) is 27.2 Å². The molecule has 2 aromatic rings. The summed E-state index contributed by atoms with van der Waals surface area (Å²) in [5.41, 5.74) is 4.71. The lowest BCUT2D eigenvalue weighted by atomic mass is 10.0. The summed E-state index contributed by atoms with van der Waals surface area (Å²) >= 11 is 0. The molecule has 0 saturated carbocycles. The number of pyridine rings is 2. The van der Waals surface area contributed by atoms with Crippen molar-refractivity contribution in [3.05, 3.63) is 59.2 Å². The Bertz CT molecular complexity index is 969. The van der Waals surface area contributed by atoms with Crippen LogP contribution >= 0.6 is 0 Å². The average molecular weight is 455 g/mol. The van der Waals surface area contributed by atoms with Crippen molar-refractivity contribution >= 4 is 0 Å². The van der Waals surface area contributed by atoms with Crippen LogP contribution in [0.4, 0.5) is 0 Å². The molecule has 0 spiro atoms. The Balaban J connectivity index is 1.13. The van der Waals surface area contributed by atoms with E-state index in [0.717, 1.165) is 36.8 Å². The minimum atomic E-state index is 0.506. The fourth-order valence-corrected chi connectivity index (χ4v) is 5.19. The second-order valence-electron chi connectivity index (χ2n) is 9.81. The van der Waals surface area contributed by atoms with Crippen molar-refractivity contribution in [1.29, 1.82) is 0 Å². The summed E-state index contributed by atoms with van der Waals surface area (Å²) in [6.45, 7) is 2.35. The van der Waals surface area contributed by atoms with Crippen molar-refractivity contribution in [2.24, 2.45) is 0 Å². The first-order valence-corrected chi connectivity index (χ1v) is 13.0. The first-order valence-electron chi connectivity index (χ1n) is 13.0. The third-order valence-electron chi connectivity index (χ3n) is 7.15. The van der Waals surface area contributed by atoms with Crippen LogP contribution in [-0.4, -0.2) is 47.0 Å². The average Bonchev–Trinajstić information content (AvgIpc) is 3.48. The Morgan fingerprint density at radius 3 is 1.59 bits per heavy atom. The quantitative estimate of drug-likeness (QED) is 0.394. The van der Waals surface area contributed by atoms with E-state index >= 15 is 0 Å².